The van der Waals surface area contributed by atoms with Crippen molar-refractivity contribution in [2.24, 2.45) is 0 Å². The Morgan fingerprint density at radius 1 is 0.818 bits per heavy atom. The standard InChI is InChI=1S/C27H34N2O4/c1-4-15-32-21-10-8-20(9-11-21)24-19-25(33-16-14-29-12-6-5-7-13-29)23-17-22(30-2)18-26(31-3)27(23)28-24/h8-11,17-19H,4-7,12-16H2,1-3H3. The van der Waals surface area contributed by atoms with E-state index in [0.29, 0.717) is 24.7 Å². The molecule has 0 N–H and O–H groups in total. The molecular weight excluding hydrogens is 416 g/mol. The maximum Gasteiger partial charge on any atom is 0.148 e. The van der Waals surface area contributed by atoms with Crippen LogP contribution in [-0.2, 0) is 0 Å². The fraction of sp³-hybridized carbons (Fsp3) is 0.444. The number of likely N-dealkylation sites (tertiary alicyclic amines) is 1. The number of methoxy groups -OCH3 is 2. The van der Waals surface area contributed by atoms with E-state index in [1.165, 1.54) is 19.3 Å². The zero-order valence-electron chi connectivity index (χ0n) is 19.9. The van der Waals surface area contributed by atoms with E-state index in [2.05, 4.69) is 11.8 Å². The number of ether oxygens (including phenoxy) is 4. The molecule has 2 aromatic carbocycles. The lowest BCUT2D eigenvalue weighted by molar-refractivity contribution is 0.184. The molecule has 0 amide bonds. The summed E-state index contributed by atoms with van der Waals surface area (Å²) < 4.78 is 23.2. The van der Waals surface area contributed by atoms with Crippen LogP contribution < -0.4 is 18.9 Å². The summed E-state index contributed by atoms with van der Waals surface area (Å²) in [5, 5.41) is 0.886. The van der Waals surface area contributed by atoms with Crippen molar-refractivity contribution in [1.82, 2.24) is 9.88 Å². The number of fused-ring (bicyclic) bond motifs is 1. The Morgan fingerprint density at radius 2 is 1.61 bits per heavy atom. The van der Waals surface area contributed by atoms with Gasteiger partial charge in [0.2, 0.25) is 0 Å². The first-order chi connectivity index (χ1) is 16.2. The summed E-state index contributed by atoms with van der Waals surface area (Å²) in [5.74, 6) is 3.03. The molecule has 1 aliphatic rings. The van der Waals surface area contributed by atoms with E-state index in [-0.39, 0.29) is 0 Å². The summed E-state index contributed by atoms with van der Waals surface area (Å²) in [4.78, 5) is 7.41. The van der Waals surface area contributed by atoms with Crippen LogP contribution in [0.15, 0.2) is 42.5 Å². The molecule has 2 heterocycles. The molecule has 1 aliphatic heterocycles. The van der Waals surface area contributed by atoms with Crippen molar-refractivity contribution in [3.8, 4) is 34.3 Å². The topological polar surface area (TPSA) is 53.1 Å². The van der Waals surface area contributed by atoms with E-state index in [9.17, 15) is 0 Å². The molecule has 33 heavy (non-hydrogen) atoms. The van der Waals surface area contributed by atoms with Gasteiger partial charge in [0.05, 0.1) is 26.5 Å². The number of piperidine rings is 1. The zero-order chi connectivity index (χ0) is 23.0. The van der Waals surface area contributed by atoms with Gasteiger partial charge in [0.15, 0.2) is 0 Å². The summed E-state index contributed by atoms with van der Waals surface area (Å²) in [6.45, 7) is 6.66. The molecule has 0 bridgehead atoms. The van der Waals surface area contributed by atoms with Crippen molar-refractivity contribution in [1.29, 1.82) is 0 Å². The minimum atomic E-state index is 0.627. The van der Waals surface area contributed by atoms with Gasteiger partial charge in [-0.15, -0.1) is 0 Å². The van der Waals surface area contributed by atoms with Crippen molar-refractivity contribution < 1.29 is 18.9 Å². The molecule has 176 valence electrons. The number of aromatic nitrogens is 1. The van der Waals surface area contributed by atoms with E-state index >= 15 is 0 Å². The number of pyridine rings is 1. The third kappa shape index (κ3) is 5.69. The highest BCUT2D eigenvalue weighted by molar-refractivity contribution is 5.93. The molecule has 1 aromatic heterocycles. The third-order valence-electron chi connectivity index (χ3n) is 6.01. The second kappa shape index (κ2) is 11.2. The molecule has 3 aromatic rings. The van der Waals surface area contributed by atoms with Crippen LogP contribution in [-0.4, -0.2) is 57.0 Å². The first-order valence-corrected chi connectivity index (χ1v) is 11.9. The Labute approximate surface area is 196 Å². The molecular formula is C27H34N2O4. The van der Waals surface area contributed by atoms with Gasteiger partial charge in [-0.25, -0.2) is 4.98 Å². The largest absolute Gasteiger partial charge is 0.497 e. The van der Waals surface area contributed by atoms with Gasteiger partial charge in [-0.05, 0) is 62.7 Å². The number of benzene rings is 2. The molecule has 4 rings (SSSR count). The highest BCUT2D eigenvalue weighted by Gasteiger charge is 2.16. The minimum Gasteiger partial charge on any atom is -0.497 e. The Hall–Kier alpha value is -2.99. The molecule has 0 aliphatic carbocycles. The average Bonchev–Trinajstić information content (AvgIpc) is 2.87. The van der Waals surface area contributed by atoms with Crippen LogP contribution in [0.1, 0.15) is 32.6 Å². The Bertz CT molecular complexity index is 1050. The Kier molecular flexibility index (Phi) is 7.89. The molecule has 6 heteroatoms. The van der Waals surface area contributed by atoms with Gasteiger partial charge in [-0.2, -0.15) is 0 Å². The second-order valence-corrected chi connectivity index (χ2v) is 8.36. The van der Waals surface area contributed by atoms with Gasteiger partial charge >= 0.3 is 0 Å². The maximum atomic E-state index is 6.34. The van der Waals surface area contributed by atoms with Crippen molar-refractivity contribution in [2.45, 2.75) is 32.6 Å². The quantitative estimate of drug-likeness (QED) is 0.402. The van der Waals surface area contributed by atoms with E-state index < -0.39 is 0 Å². The van der Waals surface area contributed by atoms with Crippen LogP contribution in [0.25, 0.3) is 22.2 Å². The number of hydrogen-bond donors (Lipinski definition) is 0. The average molecular weight is 451 g/mol. The molecule has 0 unspecified atom stereocenters. The Morgan fingerprint density at radius 3 is 2.30 bits per heavy atom. The molecule has 0 atom stereocenters. The van der Waals surface area contributed by atoms with Crippen LogP contribution >= 0.6 is 0 Å². The lowest BCUT2D eigenvalue weighted by Crippen LogP contribution is -2.33. The number of hydrogen-bond acceptors (Lipinski definition) is 6. The number of rotatable bonds is 10. The van der Waals surface area contributed by atoms with Gasteiger partial charge in [-0.3, -0.25) is 4.90 Å². The van der Waals surface area contributed by atoms with E-state index in [1.54, 1.807) is 14.2 Å². The van der Waals surface area contributed by atoms with Gasteiger partial charge < -0.3 is 18.9 Å². The summed E-state index contributed by atoms with van der Waals surface area (Å²) in [6, 6.07) is 13.9. The van der Waals surface area contributed by atoms with Gasteiger partial charge in [0, 0.05) is 29.6 Å². The van der Waals surface area contributed by atoms with Crippen LogP contribution in [0, 0.1) is 0 Å². The van der Waals surface area contributed by atoms with E-state index in [4.69, 9.17) is 23.9 Å². The Balaban J connectivity index is 1.66. The summed E-state index contributed by atoms with van der Waals surface area (Å²) in [7, 11) is 3.31. The summed E-state index contributed by atoms with van der Waals surface area (Å²) in [5.41, 5.74) is 2.59. The lowest BCUT2D eigenvalue weighted by Gasteiger charge is -2.26. The molecule has 1 saturated heterocycles. The van der Waals surface area contributed by atoms with Crippen LogP contribution in [0.5, 0.6) is 23.0 Å². The molecule has 0 spiro atoms. The van der Waals surface area contributed by atoms with Crippen molar-refractivity contribution in [2.75, 3.05) is 47.1 Å². The number of nitrogens with zero attached hydrogens (tertiary/aromatic N) is 2. The smallest absolute Gasteiger partial charge is 0.148 e. The summed E-state index contributed by atoms with van der Waals surface area (Å²) in [6.07, 6.45) is 4.86. The summed E-state index contributed by atoms with van der Waals surface area (Å²) >= 11 is 0. The lowest BCUT2D eigenvalue weighted by atomic mass is 10.1. The van der Waals surface area contributed by atoms with Gasteiger partial charge in [0.25, 0.3) is 0 Å². The van der Waals surface area contributed by atoms with Crippen molar-refractivity contribution >= 4 is 10.9 Å². The second-order valence-electron chi connectivity index (χ2n) is 8.36. The van der Waals surface area contributed by atoms with Crippen molar-refractivity contribution in [3.05, 3.63) is 42.5 Å². The maximum absolute atomic E-state index is 6.34. The fourth-order valence-electron chi connectivity index (χ4n) is 4.19. The first-order valence-electron chi connectivity index (χ1n) is 11.9. The molecule has 0 radical (unpaired) electrons. The highest BCUT2D eigenvalue weighted by Crippen LogP contribution is 2.38. The van der Waals surface area contributed by atoms with E-state index in [1.807, 2.05) is 42.5 Å². The van der Waals surface area contributed by atoms with Gasteiger partial charge in [0.1, 0.15) is 35.1 Å². The van der Waals surface area contributed by atoms with Crippen LogP contribution in [0.3, 0.4) is 0 Å². The zero-order valence-corrected chi connectivity index (χ0v) is 19.9. The first kappa shape index (κ1) is 23.2. The SMILES string of the molecule is CCCOc1ccc(-c2cc(OCCN3CCCCC3)c3cc(OC)cc(OC)c3n2)cc1. The normalized spacial score (nSPS) is 14.3. The van der Waals surface area contributed by atoms with Gasteiger partial charge in [-0.1, -0.05) is 13.3 Å². The molecule has 1 fully saturated rings. The van der Waals surface area contributed by atoms with E-state index in [0.717, 1.165) is 59.7 Å². The predicted molar refractivity (Wildman–Crippen MR) is 132 cm³/mol. The third-order valence-corrected chi connectivity index (χ3v) is 6.01. The monoisotopic (exact) mass is 450 g/mol. The predicted octanol–water partition coefficient (Wildman–Crippen LogP) is 5.57. The highest BCUT2D eigenvalue weighted by atomic mass is 16.5. The van der Waals surface area contributed by atoms with Crippen molar-refractivity contribution in [3.63, 3.8) is 0 Å². The molecule has 0 saturated carbocycles. The van der Waals surface area contributed by atoms with Crippen LogP contribution in [0.2, 0.25) is 0 Å². The molecule has 6 nitrogen and oxygen atoms in total. The van der Waals surface area contributed by atoms with Crippen LogP contribution in [0.4, 0.5) is 0 Å². The minimum absolute atomic E-state index is 0.627. The fourth-order valence-corrected chi connectivity index (χ4v) is 4.19.